The second-order valence-corrected chi connectivity index (χ2v) is 9.65. The van der Waals surface area contributed by atoms with E-state index in [1.165, 1.54) is 4.88 Å². The van der Waals surface area contributed by atoms with Gasteiger partial charge in [0.25, 0.3) is 0 Å². The van der Waals surface area contributed by atoms with Gasteiger partial charge in [0.1, 0.15) is 0 Å². The first-order valence-corrected chi connectivity index (χ1v) is 11.3. The number of pyridine rings is 1. The molecule has 4 rings (SSSR count). The van der Waals surface area contributed by atoms with Crippen LogP contribution in [0.5, 0.6) is 0 Å². The summed E-state index contributed by atoms with van der Waals surface area (Å²) in [6, 6.07) is 10.6. The molecule has 27 heavy (non-hydrogen) atoms. The first kappa shape index (κ1) is 19.3. The smallest absolute Gasteiger partial charge is 0.170 e. The summed E-state index contributed by atoms with van der Waals surface area (Å²) in [5.74, 6) is 0. The van der Waals surface area contributed by atoms with Gasteiger partial charge < -0.3 is 15.0 Å². The van der Waals surface area contributed by atoms with E-state index >= 15 is 0 Å². The molecule has 5 nitrogen and oxygen atoms in total. The van der Waals surface area contributed by atoms with Gasteiger partial charge >= 0.3 is 0 Å². The zero-order valence-electron chi connectivity index (χ0n) is 15.0. The highest BCUT2D eigenvalue weighted by Gasteiger charge is 2.40. The molecule has 0 aliphatic carbocycles. The van der Waals surface area contributed by atoms with Gasteiger partial charge in [0.05, 0.1) is 34.8 Å². The number of thiophene rings is 1. The standard InChI is InChI=1S/C19H23BrN4OS2/c20-16-6-5-15(27-16)18-17(14-4-1-2-7-21-14)22-19(26)24(18)9-3-8-23-10-12-25-13-11-23/h1-2,4-7,17-18H,3,8-13H2,(H,22,26)/t17-,18-/m0/s1. The number of nitrogens with one attached hydrogen (secondary N) is 1. The molecule has 0 unspecified atom stereocenters. The van der Waals surface area contributed by atoms with Crippen molar-refractivity contribution in [2.45, 2.75) is 18.5 Å². The molecule has 1 N–H and O–H groups in total. The lowest BCUT2D eigenvalue weighted by molar-refractivity contribution is 0.0366. The fraction of sp³-hybridized carbons (Fsp3) is 0.474. The van der Waals surface area contributed by atoms with Crippen LogP contribution in [0.15, 0.2) is 40.3 Å². The summed E-state index contributed by atoms with van der Waals surface area (Å²) in [5, 5.41) is 4.34. The number of nitrogens with zero attached hydrogens (tertiary/aromatic N) is 3. The summed E-state index contributed by atoms with van der Waals surface area (Å²) >= 11 is 11.1. The lowest BCUT2D eigenvalue weighted by Gasteiger charge is -2.30. The van der Waals surface area contributed by atoms with Crippen LogP contribution in [0.2, 0.25) is 0 Å². The van der Waals surface area contributed by atoms with E-state index in [9.17, 15) is 0 Å². The summed E-state index contributed by atoms with van der Waals surface area (Å²) in [6.07, 6.45) is 2.93. The minimum Gasteiger partial charge on any atom is -0.379 e. The second kappa shape index (κ2) is 8.96. The third-order valence-electron chi connectivity index (χ3n) is 5.06. The van der Waals surface area contributed by atoms with Crippen LogP contribution in [0.1, 0.15) is 29.1 Å². The highest BCUT2D eigenvalue weighted by atomic mass is 79.9. The van der Waals surface area contributed by atoms with Crippen molar-refractivity contribution in [3.63, 3.8) is 0 Å². The van der Waals surface area contributed by atoms with Gasteiger partial charge in [-0.3, -0.25) is 9.88 Å². The Kier molecular flexibility index (Phi) is 6.39. The van der Waals surface area contributed by atoms with Gasteiger partial charge in [-0.2, -0.15) is 0 Å². The molecule has 8 heteroatoms. The van der Waals surface area contributed by atoms with Crippen molar-refractivity contribution in [3.8, 4) is 0 Å². The van der Waals surface area contributed by atoms with Crippen LogP contribution >= 0.6 is 39.5 Å². The SMILES string of the molecule is S=C1N[C@@H](c2ccccn2)[C@H](c2ccc(Br)s2)N1CCCN1CCOCC1. The predicted molar refractivity (Wildman–Crippen MR) is 116 cm³/mol. The Hall–Kier alpha value is -1.06. The normalized spacial score (nSPS) is 23.6. The van der Waals surface area contributed by atoms with Crippen molar-refractivity contribution >= 4 is 44.6 Å². The zero-order valence-corrected chi connectivity index (χ0v) is 18.2. The lowest BCUT2D eigenvalue weighted by Crippen LogP contribution is -2.38. The summed E-state index contributed by atoms with van der Waals surface area (Å²) < 4.78 is 6.59. The van der Waals surface area contributed by atoms with Gasteiger partial charge in [-0.05, 0) is 58.8 Å². The fourth-order valence-corrected chi connectivity index (χ4v) is 5.64. The van der Waals surface area contributed by atoms with Gasteiger partial charge in [0.2, 0.25) is 0 Å². The first-order chi connectivity index (χ1) is 13.2. The van der Waals surface area contributed by atoms with Crippen LogP contribution in [-0.4, -0.2) is 59.3 Å². The lowest BCUT2D eigenvalue weighted by atomic mass is 10.0. The monoisotopic (exact) mass is 466 g/mol. The van der Waals surface area contributed by atoms with E-state index in [2.05, 4.69) is 54.2 Å². The maximum atomic E-state index is 5.72. The van der Waals surface area contributed by atoms with Gasteiger partial charge in [0.15, 0.2) is 5.11 Å². The molecule has 0 bridgehead atoms. The Balaban J connectivity index is 1.50. The third kappa shape index (κ3) is 4.51. The molecular formula is C19H23BrN4OS2. The number of hydrogen-bond acceptors (Lipinski definition) is 5. The molecule has 2 aromatic rings. The number of morpholine rings is 1. The van der Waals surface area contributed by atoms with Crippen molar-refractivity contribution < 1.29 is 4.74 Å². The maximum absolute atomic E-state index is 5.72. The minimum atomic E-state index is 0.0765. The van der Waals surface area contributed by atoms with Crippen LogP contribution in [0.25, 0.3) is 0 Å². The summed E-state index contributed by atoms with van der Waals surface area (Å²) in [7, 11) is 0. The van der Waals surface area contributed by atoms with Crippen LogP contribution in [-0.2, 0) is 4.74 Å². The number of aromatic nitrogens is 1. The molecule has 0 radical (unpaired) electrons. The van der Waals surface area contributed by atoms with Crippen molar-refractivity contribution in [3.05, 3.63) is 50.9 Å². The van der Waals surface area contributed by atoms with Gasteiger partial charge in [-0.1, -0.05) is 6.07 Å². The van der Waals surface area contributed by atoms with E-state index in [1.54, 1.807) is 11.3 Å². The van der Waals surface area contributed by atoms with Gasteiger partial charge in [-0.15, -0.1) is 11.3 Å². The minimum absolute atomic E-state index is 0.0765. The first-order valence-electron chi connectivity index (χ1n) is 9.26. The van der Waals surface area contributed by atoms with Crippen LogP contribution in [0.3, 0.4) is 0 Å². The Bertz CT molecular complexity index is 766. The van der Waals surface area contributed by atoms with E-state index in [-0.39, 0.29) is 12.1 Å². The van der Waals surface area contributed by atoms with Crippen LogP contribution in [0, 0.1) is 0 Å². The van der Waals surface area contributed by atoms with E-state index in [4.69, 9.17) is 17.0 Å². The van der Waals surface area contributed by atoms with Crippen molar-refractivity contribution in [2.75, 3.05) is 39.4 Å². The van der Waals surface area contributed by atoms with Crippen molar-refractivity contribution in [1.82, 2.24) is 20.1 Å². The van der Waals surface area contributed by atoms with Crippen molar-refractivity contribution in [1.29, 1.82) is 0 Å². The number of thiocarbonyl (C=S) groups is 1. The molecule has 0 aromatic carbocycles. The molecule has 2 atom stereocenters. The van der Waals surface area contributed by atoms with Gasteiger partial charge in [0, 0.05) is 37.3 Å². The fourth-order valence-electron chi connectivity index (χ4n) is 3.73. The largest absolute Gasteiger partial charge is 0.379 e. The Morgan fingerprint density at radius 2 is 2.07 bits per heavy atom. The molecule has 2 aromatic heterocycles. The highest BCUT2D eigenvalue weighted by molar-refractivity contribution is 9.11. The molecule has 4 heterocycles. The summed E-state index contributed by atoms with van der Waals surface area (Å²) in [5.41, 5.74) is 1.03. The Morgan fingerprint density at radius 3 is 2.78 bits per heavy atom. The van der Waals surface area contributed by atoms with E-state index in [0.717, 1.165) is 60.4 Å². The third-order valence-corrected chi connectivity index (χ3v) is 7.11. The quantitative estimate of drug-likeness (QED) is 0.655. The zero-order chi connectivity index (χ0) is 18.6. The Labute approximate surface area is 177 Å². The van der Waals surface area contributed by atoms with Crippen molar-refractivity contribution in [2.24, 2.45) is 0 Å². The van der Waals surface area contributed by atoms with E-state index in [1.807, 2.05) is 18.3 Å². The number of hydrogen-bond donors (Lipinski definition) is 1. The van der Waals surface area contributed by atoms with Gasteiger partial charge in [-0.25, -0.2) is 0 Å². The predicted octanol–water partition coefficient (Wildman–Crippen LogP) is 3.60. The molecule has 0 amide bonds. The van der Waals surface area contributed by atoms with E-state index < -0.39 is 0 Å². The molecule has 2 fully saturated rings. The van der Waals surface area contributed by atoms with Crippen LogP contribution in [0.4, 0.5) is 0 Å². The number of halogens is 1. The molecule has 0 saturated carbocycles. The Morgan fingerprint density at radius 1 is 1.22 bits per heavy atom. The average Bonchev–Trinajstić information content (AvgIpc) is 3.27. The second-order valence-electron chi connectivity index (χ2n) is 6.77. The molecule has 2 aliphatic heterocycles. The number of ether oxygens (including phenoxy) is 1. The average molecular weight is 467 g/mol. The van der Waals surface area contributed by atoms with E-state index in [0.29, 0.717) is 0 Å². The molecule has 0 spiro atoms. The maximum Gasteiger partial charge on any atom is 0.170 e. The molecule has 2 saturated heterocycles. The molecular weight excluding hydrogens is 444 g/mol. The topological polar surface area (TPSA) is 40.6 Å². The highest BCUT2D eigenvalue weighted by Crippen LogP contribution is 2.42. The summed E-state index contributed by atoms with van der Waals surface area (Å²) in [6.45, 7) is 5.76. The molecule has 144 valence electrons. The number of rotatable bonds is 6. The van der Waals surface area contributed by atoms with Crippen LogP contribution < -0.4 is 5.32 Å². The molecule has 2 aliphatic rings. The summed E-state index contributed by atoms with van der Waals surface area (Å²) in [4.78, 5) is 10.7.